The number of allylic oxidation sites excluding steroid dienone is 2. The van der Waals surface area contributed by atoms with Crippen LogP contribution in [0.3, 0.4) is 0 Å². The maximum atomic E-state index is 12.0. The molecule has 20 heavy (non-hydrogen) atoms. The summed E-state index contributed by atoms with van der Waals surface area (Å²) < 4.78 is 0. The average Bonchev–Trinajstić information content (AvgIpc) is 2.83. The number of halogens is 3. The molecule has 1 aromatic heterocycles. The molecule has 0 spiro atoms. The highest BCUT2D eigenvalue weighted by Gasteiger charge is 2.19. The first kappa shape index (κ1) is 15.1. The number of carbonyl (C=O) groups is 1. The summed E-state index contributed by atoms with van der Waals surface area (Å²) in [5.41, 5.74) is 9.93. The van der Waals surface area contributed by atoms with Crippen molar-refractivity contribution in [3.05, 3.63) is 32.5 Å². The fourth-order valence-corrected chi connectivity index (χ4v) is 2.29. The lowest BCUT2D eigenvalue weighted by atomic mass is 10.3. The number of amides is 1. The largest absolute Gasteiger partial charge is 0.396 e. The van der Waals surface area contributed by atoms with Crippen LogP contribution in [0.4, 0.5) is 5.69 Å². The number of aromatic nitrogens is 1. The van der Waals surface area contributed by atoms with E-state index in [0.717, 1.165) is 18.6 Å². The number of nitrogens with zero attached hydrogens (tertiary/aromatic N) is 2. The molecule has 3 N–H and O–H groups in total. The van der Waals surface area contributed by atoms with Gasteiger partial charge in [0.2, 0.25) is 0 Å². The molecule has 0 bridgehead atoms. The Hall–Kier alpha value is -1.30. The standard InChI is InChI=1S/C12H11Cl3N4O/c1-5-2-3-6(4-5)18-19-12(20)10-7(13)9(16)8(14)11(15)17-10/h4H,2-3H2,1H3,(H2,16,17)(H,19,20)/b18-6+. The van der Waals surface area contributed by atoms with E-state index in [1.54, 1.807) is 0 Å². The molecule has 106 valence electrons. The van der Waals surface area contributed by atoms with Gasteiger partial charge in [0.25, 0.3) is 5.91 Å². The normalized spacial score (nSPS) is 16.4. The van der Waals surface area contributed by atoms with E-state index < -0.39 is 5.91 Å². The molecule has 1 amide bonds. The third kappa shape index (κ3) is 3.06. The molecule has 0 saturated carbocycles. The summed E-state index contributed by atoms with van der Waals surface area (Å²) in [6.07, 6.45) is 3.64. The van der Waals surface area contributed by atoms with Crippen molar-refractivity contribution >= 4 is 52.1 Å². The number of hydrogen-bond acceptors (Lipinski definition) is 4. The first-order valence-electron chi connectivity index (χ1n) is 5.74. The number of nitrogens with one attached hydrogen (secondary N) is 1. The Morgan fingerprint density at radius 2 is 2.05 bits per heavy atom. The van der Waals surface area contributed by atoms with Crippen LogP contribution in [0.1, 0.15) is 30.3 Å². The van der Waals surface area contributed by atoms with Crippen molar-refractivity contribution in [1.82, 2.24) is 10.4 Å². The van der Waals surface area contributed by atoms with Gasteiger partial charge < -0.3 is 5.73 Å². The highest BCUT2D eigenvalue weighted by molar-refractivity contribution is 6.46. The highest BCUT2D eigenvalue weighted by atomic mass is 35.5. The second-order valence-electron chi connectivity index (χ2n) is 4.33. The van der Waals surface area contributed by atoms with Crippen molar-refractivity contribution in [3.8, 4) is 0 Å². The monoisotopic (exact) mass is 332 g/mol. The number of pyridine rings is 1. The van der Waals surface area contributed by atoms with Gasteiger partial charge in [-0.2, -0.15) is 5.10 Å². The third-order valence-electron chi connectivity index (χ3n) is 2.78. The summed E-state index contributed by atoms with van der Waals surface area (Å²) in [7, 11) is 0. The Kier molecular flexibility index (Phi) is 4.52. The highest BCUT2D eigenvalue weighted by Crippen LogP contribution is 2.34. The van der Waals surface area contributed by atoms with Crippen LogP contribution >= 0.6 is 34.8 Å². The van der Waals surface area contributed by atoms with Crippen LogP contribution in [0.15, 0.2) is 16.8 Å². The lowest BCUT2D eigenvalue weighted by molar-refractivity contribution is 0.0950. The average molecular weight is 334 g/mol. The summed E-state index contributed by atoms with van der Waals surface area (Å²) in [5, 5.41) is 3.89. The Bertz CT molecular complexity index is 640. The van der Waals surface area contributed by atoms with Gasteiger partial charge in [-0.25, -0.2) is 10.4 Å². The summed E-state index contributed by atoms with van der Waals surface area (Å²) in [6.45, 7) is 2.00. The molecule has 1 heterocycles. The molecule has 0 radical (unpaired) electrons. The van der Waals surface area contributed by atoms with Gasteiger partial charge in [0.15, 0.2) is 10.8 Å². The molecular weight excluding hydrogens is 323 g/mol. The zero-order valence-electron chi connectivity index (χ0n) is 10.5. The molecular formula is C12H11Cl3N4O. The third-order valence-corrected chi connectivity index (χ3v) is 3.91. The van der Waals surface area contributed by atoms with E-state index in [0.29, 0.717) is 0 Å². The van der Waals surface area contributed by atoms with E-state index in [1.165, 1.54) is 5.57 Å². The maximum Gasteiger partial charge on any atom is 0.291 e. The van der Waals surface area contributed by atoms with E-state index in [9.17, 15) is 4.79 Å². The summed E-state index contributed by atoms with van der Waals surface area (Å²) in [6, 6.07) is 0. The first-order chi connectivity index (χ1) is 9.40. The molecule has 0 fully saturated rings. The van der Waals surface area contributed by atoms with Gasteiger partial charge in [0.1, 0.15) is 5.02 Å². The van der Waals surface area contributed by atoms with Crippen LogP contribution in [0.5, 0.6) is 0 Å². The number of anilines is 1. The molecule has 0 saturated heterocycles. The molecule has 1 aromatic rings. The fourth-order valence-electron chi connectivity index (χ4n) is 1.70. The summed E-state index contributed by atoms with van der Waals surface area (Å²) >= 11 is 17.5. The smallest absolute Gasteiger partial charge is 0.291 e. The topological polar surface area (TPSA) is 80.4 Å². The Labute approximate surface area is 130 Å². The predicted octanol–water partition coefficient (Wildman–Crippen LogP) is 3.45. The minimum atomic E-state index is -0.592. The molecule has 0 atom stereocenters. The number of hydrogen-bond donors (Lipinski definition) is 2. The fraction of sp³-hybridized carbons (Fsp3) is 0.250. The Morgan fingerprint density at radius 1 is 1.35 bits per heavy atom. The van der Waals surface area contributed by atoms with Crippen LogP contribution in [0.25, 0.3) is 0 Å². The maximum absolute atomic E-state index is 12.0. The number of nitrogen functional groups attached to an aromatic ring is 1. The van der Waals surface area contributed by atoms with E-state index in [2.05, 4.69) is 15.5 Å². The summed E-state index contributed by atoms with van der Waals surface area (Å²) in [5.74, 6) is -0.592. The number of hydrazone groups is 1. The first-order valence-corrected chi connectivity index (χ1v) is 6.87. The van der Waals surface area contributed by atoms with Gasteiger partial charge in [-0.3, -0.25) is 4.79 Å². The number of rotatable bonds is 2. The molecule has 5 nitrogen and oxygen atoms in total. The summed E-state index contributed by atoms with van der Waals surface area (Å²) in [4.78, 5) is 15.8. The van der Waals surface area contributed by atoms with Crippen LogP contribution in [0.2, 0.25) is 15.2 Å². The Morgan fingerprint density at radius 3 is 2.65 bits per heavy atom. The van der Waals surface area contributed by atoms with Crippen LogP contribution < -0.4 is 11.2 Å². The van der Waals surface area contributed by atoms with E-state index >= 15 is 0 Å². The van der Waals surface area contributed by atoms with Crippen LogP contribution in [-0.4, -0.2) is 16.6 Å². The van der Waals surface area contributed by atoms with Crippen molar-refractivity contribution in [3.63, 3.8) is 0 Å². The second kappa shape index (κ2) is 5.99. The van der Waals surface area contributed by atoms with Gasteiger partial charge >= 0.3 is 0 Å². The lowest BCUT2D eigenvalue weighted by Crippen LogP contribution is -2.21. The quantitative estimate of drug-likeness (QED) is 0.642. The van der Waals surface area contributed by atoms with Gasteiger partial charge in [-0.05, 0) is 25.8 Å². The van der Waals surface area contributed by atoms with E-state index in [-0.39, 0.29) is 26.6 Å². The van der Waals surface area contributed by atoms with Crippen molar-refractivity contribution in [1.29, 1.82) is 0 Å². The molecule has 0 aromatic carbocycles. The van der Waals surface area contributed by atoms with Gasteiger partial charge in [-0.15, -0.1) is 0 Å². The van der Waals surface area contributed by atoms with Crippen LogP contribution in [-0.2, 0) is 0 Å². The van der Waals surface area contributed by atoms with E-state index in [4.69, 9.17) is 40.5 Å². The molecule has 1 aliphatic carbocycles. The minimum Gasteiger partial charge on any atom is -0.396 e. The predicted molar refractivity (Wildman–Crippen MR) is 81.6 cm³/mol. The molecule has 0 unspecified atom stereocenters. The second-order valence-corrected chi connectivity index (χ2v) is 5.44. The zero-order chi connectivity index (χ0) is 14.9. The van der Waals surface area contributed by atoms with E-state index in [1.807, 2.05) is 13.0 Å². The number of carbonyl (C=O) groups excluding carboxylic acids is 1. The SMILES string of the molecule is CC1=C/C(=N/NC(=O)c2nc(Cl)c(Cl)c(N)c2Cl)CC1. The van der Waals surface area contributed by atoms with Crippen molar-refractivity contribution < 1.29 is 4.79 Å². The minimum absolute atomic E-state index is 0.0164. The molecule has 0 aliphatic heterocycles. The van der Waals surface area contributed by atoms with Gasteiger partial charge in [-0.1, -0.05) is 40.4 Å². The molecule has 1 aliphatic rings. The zero-order valence-corrected chi connectivity index (χ0v) is 12.8. The van der Waals surface area contributed by atoms with Gasteiger partial charge in [0.05, 0.1) is 16.4 Å². The number of nitrogens with two attached hydrogens (primary N) is 1. The van der Waals surface area contributed by atoms with Crippen molar-refractivity contribution in [2.24, 2.45) is 5.10 Å². The van der Waals surface area contributed by atoms with Crippen molar-refractivity contribution in [2.45, 2.75) is 19.8 Å². The van der Waals surface area contributed by atoms with Crippen LogP contribution in [0, 0.1) is 0 Å². The Balaban J connectivity index is 2.22. The molecule has 2 rings (SSSR count). The molecule has 8 heteroatoms. The lowest BCUT2D eigenvalue weighted by Gasteiger charge is -2.07. The van der Waals surface area contributed by atoms with Gasteiger partial charge in [0, 0.05) is 0 Å². The van der Waals surface area contributed by atoms with Crippen molar-refractivity contribution in [2.75, 3.05) is 5.73 Å².